The van der Waals surface area contributed by atoms with Gasteiger partial charge in [0.2, 0.25) is 0 Å². The van der Waals surface area contributed by atoms with Crippen molar-refractivity contribution in [1.82, 2.24) is 0 Å². The third-order valence-corrected chi connectivity index (χ3v) is 6.28. The van der Waals surface area contributed by atoms with Crippen LogP contribution in [0.2, 0.25) is 0 Å². The van der Waals surface area contributed by atoms with Crippen molar-refractivity contribution in [3.8, 4) is 0 Å². The highest BCUT2D eigenvalue weighted by atomic mass is 16.4. The van der Waals surface area contributed by atoms with Crippen molar-refractivity contribution in [2.75, 3.05) is 0 Å². The highest BCUT2D eigenvalue weighted by Gasteiger charge is 2.52. The van der Waals surface area contributed by atoms with E-state index >= 15 is 0 Å². The Bertz CT molecular complexity index is 524. The molecule has 5 atom stereocenters. The quantitative estimate of drug-likeness (QED) is 0.395. The van der Waals surface area contributed by atoms with E-state index in [1.165, 1.54) is 5.57 Å². The van der Waals surface area contributed by atoms with Crippen LogP contribution in [0.5, 0.6) is 0 Å². The molecule has 2 aliphatic carbocycles. The zero-order chi connectivity index (χ0) is 19.2. The molecule has 4 nitrogen and oxygen atoms in total. The minimum absolute atomic E-state index is 0.116. The van der Waals surface area contributed by atoms with Gasteiger partial charge in [-0.05, 0) is 49.9 Å². The van der Waals surface area contributed by atoms with Gasteiger partial charge in [-0.25, -0.2) is 0 Å². The standard InChI is InChI=1S/C22H36O4/c1-3-4-5-9-17(23)11-12-18-19-13-16(8-6-7-10-21(25)26)14-22(19,2)15-20(18)24/h8,11-12,17-20,23-24H,3-7,9-10,13-15H2,1-2H3,(H,25,26)/t17-,18+,19+,20+,22-/m0/s1. The minimum atomic E-state index is -0.732. The smallest absolute Gasteiger partial charge is 0.303 e. The SMILES string of the molecule is CCCCC[C@H](O)C=C[C@H]1[C@H](O)C[C@]2(C)CC(=CCCCC(=O)O)C[C@H]12. The Morgan fingerprint density at radius 1 is 1.35 bits per heavy atom. The second-order valence-electron chi connectivity index (χ2n) is 8.59. The van der Waals surface area contributed by atoms with Crippen LogP contribution in [0.4, 0.5) is 0 Å². The summed E-state index contributed by atoms with van der Waals surface area (Å²) in [7, 11) is 0. The van der Waals surface area contributed by atoms with Crippen LogP contribution in [0, 0.1) is 17.3 Å². The highest BCUT2D eigenvalue weighted by molar-refractivity contribution is 5.66. The van der Waals surface area contributed by atoms with Gasteiger partial charge < -0.3 is 15.3 Å². The summed E-state index contributed by atoms with van der Waals surface area (Å²) in [5, 5.41) is 29.4. The Hall–Kier alpha value is -1.13. The average Bonchev–Trinajstić information content (AvgIpc) is 2.99. The fourth-order valence-electron chi connectivity index (χ4n) is 4.89. The van der Waals surface area contributed by atoms with Crippen LogP contribution in [0.1, 0.15) is 78.1 Å². The molecule has 148 valence electrons. The van der Waals surface area contributed by atoms with Gasteiger partial charge in [0.1, 0.15) is 0 Å². The number of carboxylic acid groups (broad SMARTS) is 1. The van der Waals surface area contributed by atoms with Crippen molar-refractivity contribution in [1.29, 1.82) is 0 Å². The summed E-state index contributed by atoms with van der Waals surface area (Å²) in [5.74, 6) is -0.197. The summed E-state index contributed by atoms with van der Waals surface area (Å²) in [6.07, 6.45) is 14.1. The van der Waals surface area contributed by atoms with Crippen molar-refractivity contribution < 1.29 is 20.1 Å². The molecule has 0 aromatic carbocycles. The van der Waals surface area contributed by atoms with E-state index in [1.54, 1.807) is 0 Å². The van der Waals surface area contributed by atoms with E-state index in [0.717, 1.165) is 51.4 Å². The third-order valence-electron chi connectivity index (χ3n) is 6.28. The molecule has 0 spiro atoms. The predicted molar refractivity (Wildman–Crippen MR) is 104 cm³/mol. The molecule has 3 N–H and O–H groups in total. The van der Waals surface area contributed by atoms with Crippen molar-refractivity contribution in [3.63, 3.8) is 0 Å². The second-order valence-corrected chi connectivity index (χ2v) is 8.59. The maximum Gasteiger partial charge on any atom is 0.303 e. The molecule has 0 aromatic heterocycles. The summed E-state index contributed by atoms with van der Waals surface area (Å²) in [5.41, 5.74) is 1.54. The molecule has 0 heterocycles. The lowest BCUT2D eigenvalue weighted by molar-refractivity contribution is -0.137. The van der Waals surface area contributed by atoms with Gasteiger partial charge in [-0.1, -0.05) is 56.9 Å². The zero-order valence-corrected chi connectivity index (χ0v) is 16.4. The van der Waals surface area contributed by atoms with Crippen molar-refractivity contribution in [2.45, 2.75) is 90.3 Å². The topological polar surface area (TPSA) is 77.8 Å². The highest BCUT2D eigenvalue weighted by Crippen LogP contribution is 2.58. The van der Waals surface area contributed by atoms with Crippen LogP contribution >= 0.6 is 0 Å². The van der Waals surface area contributed by atoms with Gasteiger partial charge in [0.15, 0.2) is 0 Å². The van der Waals surface area contributed by atoms with Crippen LogP contribution in [0.3, 0.4) is 0 Å². The Balaban J connectivity index is 1.91. The van der Waals surface area contributed by atoms with Crippen LogP contribution in [0.15, 0.2) is 23.8 Å². The fraction of sp³-hybridized carbons (Fsp3) is 0.773. The number of hydrogen-bond acceptors (Lipinski definition) is 3. The number of aliphatic carboxylic acids is 1. The maximum atomic E-state index is 10.6. The molecule has 2 fully saturated rings. The average molecular weight is 365 g/mol. The molecule has 0 amide bonds. The number of allylic oxidation sites excluding steroid dienone is 2. The van der Waals surface area contributed by atoms with Gasteiger partial charge in [-0.2, -0.15) is 0 Å². The van der Waals surface area contributed by atoms with Crippen LogP contribution < -0.4 is 0 Å². The lowest BCUT2D eigenvalue weighted by atomic mass is 9.80. The van der Waals surface area contributed by atoms with E-state index in [1.807, 2.05) is 6.08 Å². The summed E-state index contributed by atoms with van der Waals surface area (Å²) >= 11 is 0. The number of rotatable bonds is 10. The first-order valence-corrected chi connectivity index (χ1v) is 10.3. The molecule has 2 rings (SSSR count). The number of aliphatic hydroxyl groups is 2. The predicted octanol–water partition coefficient (Wildman–Crippen LogP) is 4.46. The number of hydrogen-bond donors (Lipinski definition) is 3. The van der Waals surface area contributed by atoms with Crippen molar-refractivity contribution in [3.05, 3.63) is 23.8 Å². The summed E-state index contributed by atoms with van der Waals surface area (Å²) in [4.78, 5) is 10.6. The van der Waals surface area contributed by atoms with E-state index in [9.17, 15) is 15.0 Å². The lowest BCUT2D eigenvalue weighted by Gasteiger charge is -2.24. The summed E-state index contributed by atoms with van der Waals surface area (Å²) < 4.78 is 0. The second kappa shape index (κ2) is 9.70. The monoisotopic (exact) mass is 364 g/mol. The third kappa shape index (κ3) is 5.68. The van der Waals surface area contributed by atoms with Crippen LogP contribution in [-0.2, 0) is 4.79 Å². The lowest BCUT2D eigenvalue weighted by Crippen LogP contribution is -2.19. The summed E-state index contributed by atoms with van der Waals surface area (Å²) in [6.45, 7) is 4.43. The molecule has 4 heteroatoms. The Kier molecular flexibility index (Phi) is 7.90. The van der Waals surface area contributed by atoms with Crippen molar-refractivity contribution >= 4 is 5.97 Å². The Morgan fingerprint density at radius 2 is 2.12 bits per heavy atom. The number of aliphatic hydroxyl groups excluding tert-OH is 2. The van der Waals surface area contributed by atoms with Gasteiger partial charge in [0.25, 0.3) is 0 Å². The normalized spacial score (nSPS) is 33.8. The molecule has 0 saturated heterocycles. The fourth-order valence-corrected chi connectivity index (χ4v) is 4.89. The molecule has 0 aliphatic heterocycles. The van der Waals surface area contributed by atoms with E-state index in [2.05, 4.69) is 26.0 Å². The number of unbranched alkanes of at least 4 members (excludes halogenated alkanes) is 3. The van der Waals surface area contributed by atoms with E-state index in [4.69, 9.17) is 5.11 Å². The van der Waals surface area contributed by atoms with Gasteiger partial charge in [-0.15, -0.1) is 0 Å². The number of carbonyl (C=O) groups is 1. The van der Waals surface area contributed by atoms with Gasteiger partial charge in [0, 0.05) is 12.3 Å². The zero-order valence-electron chi connectivity index (χ0n) is 16.4. The maximum absolute atomic E-state index is 10.6. The van der Waals surface area contributed by atoms with Crippen LogP contribution in [0.25, 0.3) is 0 Å². The van der Waals surface area contributed by atoms with E-state index in [-0.39, 0.29) is 23.9 Å². The number of carboxylic acids is 1. The van der Waals surface area contributed by atoms with Gasteiger partial charge >= 0.3 is 5.97 Å². The molecule has 26 heavy (non-hydrogen) atoms. The van der Waals surface area contributed by atoms with Crippen molar-refractivity contribution in [2.24, 2.45) is 17.3 Å². The first-order valence-electron chi connectivity index (χ1n) is 10.3. The first kappa shape index (κ1) is 21.2. The molecule has 0 unspecified atom stereocenters. The first-order chi connectivity index (χ1) is 12.4. The minimum Gasteiger partial charge on any atom is -0.481 e. The molecule has 2 saturated carbocycles. The molecule has 2 aliphatic rings. The van der Waals surface area contributed by atoms with Crippen LogP contribution in [-0.4, -0.2) is 33.5 Å². The molecule has 0 aromatic rings. The largest absolute Gasteiger partial charge is 0.481 e. The van der Waals surface area contributed by atoms with E-state index < -0.39 is 12.1 Å². The van der Waals surface area contributed by atoms with Gasteiger partial charge in [-0.3, -0.25) is 4.79 Å². The molecular weight excluding hydrogens is 328 g/mol. The van der Waals surface area contributed by atoms with E-state index in [0.29, 0.717) is 12.3 Å². The summed E-state index contributed by atoms with van der Waals surface area (Å²) in [6, 6.07) is 0. The molecular formula is C22H36O4. The molecule has 0 radical (unpaired) electrons. The van der Waals surface area contributed by atoms with Gasteiger partial charge in [0.05, 0.1) is 12.2 Å². The number of fused-ring (bicyclic) bond motifs is 1. The Morgan fingerprint density at radius 3 is 2.81 bits per heavy atom. The molecule has 0 bridgehead atoms. The Labute approximate surface area is 158 Å².